The van der Waals surface area contributed by atoms with Gasteiger partial charge in [0.15, 0.2) is 17.0 Å². The molecule has 2 aromatic heterocycles. The van der Waals surface area contributed by atoms with Crippen molar-refractivity contribution in [3.63, 3.8) is 0 Å². The molecule has 0 aliphatic heterocycles. The third-order valence-electron chi connectivity index (χ3n) is 5.31. The smallest absolute Gasteiger partial charge is 0.165 e. The van der Waals surface area contributed by atoms with Crippen molar-refractivity contribution < 1.29 is 0 Å². The Morgan fingerprint density at radius 2 is 2.00 bits per heavy atom. The first-order valence-electron chi connectivity index (χ1n) is 9.99. The second-order valence-electron chi connectivity index (χ2n) is 7.95. The van der Waals surface area contributed by atoms with Crippen molar-refractivity contribution in [3.05, 3.63) is 44.5 Å². The van der Waals surface area contributed by atoms with Crippen LogP contribution >= 0.6 is 22.6 Å². The fourth-order valence-electron chi connectivity index (χ4n) is 3.90. The summed E-state index contributed by atoms with van der Waals surface area (Å²) in [6.45, 7) is 7.13. The Morgan fingerprint density at radius 1 is 1.21 bits per heavy atom. The third-order valence-corrected chi connectivity index (χ3v) is 6.32. The quantitative estimate of drug-likeness (QED) is 0.392. The van der Waals surface area contributed by atoms with Crippen molar-refractivity contribution in [1.82, 2.24) is 24.8 Å². The molecule has 7 heteroatoms. The van der Waals surface area contributed by atoms with Crippen molar-refractivity contribution in [3.8, 4) is 0 Å². The molecular formula is C21H27IN6. The number of anilines is 1. The molecule has 0 unspecified atom stereocenters. The molecule has 3 aromatic rings. The van der Waals surface area contributed by atoms with E-state index in [2.05, 4.69) is 68.4 Å². The van der Waals surface area contributed by atoms with Crippen LogP contribution in [0.3, 0.4) is 0 Å². The number of nitrogen functional groups attached to an aromatic ring is 1. The van der Waals surface area contributed by atoms with Crippen molar-refractivity contribution >= 4 is 39.6 Å². The van der Waals surface area contributed by atoms with E-state index in [1.807, 2.05) is 0 Å². The number of fused-ring (bicyclic) bond motifs is 2. The number of imidazole rings is 1. The summed E-state index contributed by atoms with van der Waals surface area (Å²) in [5.41, 5.74) is 12.0. The van der Waals surface area contributed by atoms with E-state index in [-0.39, 0.29) is 0 Å². The van der Waals surface area contributed by atoms with Gasteiger partial charge in [0.25, 0.3) is 0 Å². The average Bonchev–Trinajstić information content (AvgIpc) is 3.24. The van der Waals surface area contributed by atoms with Crippen molar-refractivity contribution in [1.29, 1.82) is 0 Å². The van der Waals surface area contributed by atoms with Gasteiger partial charge in [-0.25, -0.2) is 15.0 Å². The Bertz CT molecular complexity index is 994. The first-order valence-corrected chi connectivity index (χ1v) is 11.1. The van der Waals surface area contributed by atoms with Gasteiger partial charge in [-0.15, -0.1) is 0 Å². The molecule has 3 N–H and O–H groups in total. The third kappa shape index (κ3) is 4.00. The molecule has 0 saturated heterocycles. The summed E-state index contributed by atoms with van der Waals surface area (Å²) >= 11 is 2.46. The number of halogens is 1. The molecule has 0 radical (unpaired) electrons. The Hall–Kier alpha value is -1.74. The Kier molecular flexibility index (Phi) is 5.82. The predicted octanol–water partition coefficient (Wildman–Crippen LogP) is 3.34. The molecule has 1 aromatic carbocycles. The molecule has 0 spiro atoms. The minimum atomic E-state index is 0.448. The van der Waals surface area contributed by atoms with Crippen LogP contribution in [0.5, 0.6) is 0 Å². The highest BCUT2D eigenvalue weighted by molar-refractivity contribution is 14.1. The monoisotopic (exact) mass is 490 g/mol. The van der Waals surface area contributed by atoms with Gasteiger partial charge in [-0.3, -0.25) is 0 Å². The molecule has 6 nitrogen and oxygen atoms in total. The van der Waals surface area contributed by atoms with Crippen molar-refractivity contribution in [2.24, 2.45) is 5.92 Å². The van der Waals surface area contributed by atoms with Gasteiger partial charge in [-0.05, 0) is 77.1 Å². The maximum Gasteiger partial charge on any atom is 0.165 e. The number of aryl methyl sites for hydroxylation is 2. The lowest BCUT2D eigenvalue weighted by atomic mass is 10.0. The number of rotatable bonds is 7. The largest absolute Gasteiger partial charge is 0.382 e. The van der Waals surface area contributed by atoms with Gasteiger partial charge in [0.05, 0.1) is 0 Å². The van der Waals surface area contributed by atoms with Gasteiger partial charge in [0, 0.05) is 23.1 Å². The molecule has 28 heavy (non-hydrogen) atoms. The van der Waals surface area contributed by atoms with Gasteiger partial charge < -0.3 is 15.6 Å². The fourth-order valence-corrected chi connectivity index (χ4v) is 4.62. The Balaban J connectivity index is 1.66. The van der Waals surface area contributed by atoms with E-state index >= 15 is 0 Å². The van der Waals surface area contributed by atoms with E-state index in [0.29, 0.717) is 17.3 Å². The summed E-state index contributed by atoms with van der Waals surface area (Å²) in [6, 6.07) is 4.73. The molecule has 148 valence electrons. The number of hydrogen-bond donors (Lipinski definition) is 2. The summed E-state index contributed by atoms with van der Waals surface area (Å²) in [4.78, 5) is 13.4. The normalized spacial score (nSPS) is 13.6. The van der Waals surface area contributed by atoms with Crippen LogP contribution in [0.2, 0.25) is 0 Å². The number of aromatic nitrogens is 4. The van der Waals surface area contributed by atoms with Crippen LogP contribution in [0.1, 0.15) is 42.8 Å². The average molecular weight is 490 g/mol. The standard InChI is InChI=1S/C21H27IN6/c1-13(2)11-24-6-7-28-18(27-19-20(23)25-12-26-21(19)28)10-16-8-14-4-3-5-15(14)9-17(16)22/h8-9,12-13,24H,3-7,10-11H2,1-2H3,(H2,23,25,26). The first-order chi connectivity index (χ1) is 13.5. The van der Waals surface area contributed by atoms with Crippen LogP contribution in [0.25, 0.3) is 11.2 Å². The molecule has 2 heterocycles. The Labute approximate surface area is 179 Å². The molecule has 0 saturated carbocycles. The molecule has 0 bridgehead atoms. The number of benzene rings is 1. The zero-order valence-electron chi connectivity index (χ0n) is 16.5. The van der Waals surface area contributed by atoms with Gasteiger partial charge in [-0.2, -0.15) is 0 Å². The van der Waals surface area contributed by atoms with Crippen LogP contribution in [-0.2, 0) is 25.8 Å². The van der Waals surface area contributed by atoms with Gasteiger partial charge in [0.1, 0.15) is 12.2 Å². The number of nitrogens with two attached hydrogens (primary N) is 1. The topological polar surface area (TPSA) is 81.7 Å². The van der Waals surface area contributed by atoms with E-state index in [1.165, 1.54) is 45.9 Å². The lowest BCUT2D eigenvalue weighted by Gasteiger charge is -2.12. The molecule has 0 fully saturated rings. The maximum atomic E-state index is 6.09. The Morgan fingerprint density at radius 3 is 2.79 bits per heavy atom. The highest BCUT2D eigenvalue weighted by Gasteiger charge is 2.18. The van der Waals surface area contributed by atoms with Crippen LogP contribution < -0.4 is 11.1 Å². The van der Waals surface area contributed by atoms with Crippen molar-refractivity contribution in [2.45, 2.75) is 46.1 Å². The summed E-state index contributed by atoms with van der Waals surface area (Å²) in [5, 5.41) is 3.51. The molecule has 1 aliphatic rings. The number of nitrogens with one attached hydrogen (secondary N) is 1. The highest BCUT2D eigenvalue weighted by Crippen LogP contribution is 2.28. The van der Waals surface area contributed by atoms with E-state index in [1.54, 1.807) is 0 Å². The summed E-state index contributed by atoms with van der Waals surface area (Å²) in [5.74, 6) is 2.08. The summed E-state index contributed by atoms with van der Waals surface area (Å²) < 4.78 is 3.51. The first kappa shape index (κ1) is 19.6. The van der Waals surface area contributed by atoms with E-state index in [9.17, 15) is 0 Å². The predicted molar refractivity (Wildman–Crippen MR) is 121 cm³/mol. The molecule has 4 rings (SSSR count). The fraction of sp³-hybridized carbons (Fsp3) is 0.476. The summed E-state index contributed by atoms with van der Waals surface area (Å²) in [7, 11) is 0. The van der Waals surface area contributed by atoms with E-state index < -0.39 is 0 Å². The second-order valence-corrected chi connectivity index (χ2v) is 9.11. The lowest BCUT2D eigenvalue weighted by molar-refractivity contribution is 0.522. The minimum Gasteiger partial charge on any atom is -0.382 e. The number of nitrogens with zero attached hydrogens (tertiary/aromatic N) is 4. The van der Waals surface area contributed by atoms with Gasteiger partial charge in [-0.1, -0.05) is 19.9 Å². The van der Waals surface area contributed by atoms with Crippen LogP contribution in [0, 0.1) is 9.49 Å². The van der Waals surface area contributed by atoms with Crippen LogP contribution in [0.4, 0.5) is 5.82 Å². The maximum absolute atomic E-state index is 6.09. The van der Waals surface area contributed by atoms with E-state index in [0.717, 1.165) is 37.5 Å². The van der Waals surface area contributed by atoms with Crippen LogP contribution in [-0.4, -0.2) is 32.6 Å². The van der Waals surface area contributed by atoms with Gasteiger partial charge >= 0.3 is 0 Å². The zero-order valence-corrected chi connectivity index (χ0v) is 18.7. The lowest BCUT2D eigenvalue weighted by Crippen LogP contribution is -2.24. The van der Waals surface area contributed by atoms with E-state index in [4.69, 9.17) is 10.7 Å². The molecular weight excluding hydrogens is 463 g/mol. The molecule has 0 atom stereocenters. The highest BCUT2D eigenvalue weighted by atomic mass is 127. The molecule has 1 aliphatic carbocycles. The second kappa shape index (κ2) is 8.32. The summed E-state index contributed by atoms with van der Waals surface area (Å²) in [6.07, 6.45) is 5.97. The van der Waals surface area contributed by atoms with Gasteiger partial charge in [0.2, 0.25) is 0 Å². The van der Waals surface area contributed by atoms with Crippen LogP contribution in [0.15, 0.2) is 18.5 Å². The molecule has 0 amide bonds. The number of hydrogen-bond acceptors (Lipinski definition) is 5. The van der Waals surface area contributed by atoms with Crippen molar-refractivity contribution in [2.75, 3.05) is 18.8 Å². The zero-order chi connectivity index (χ0) is 19.7. The minimum absolute atomic E-state index is 0.448. The SMILES string of the molecule is CC(C)CNCCn1c(Cc2cc3c(cc2I)CCC3)nc2c(N)ncnc21.